The summed E-state index contributed by atoms with van der Waals surface area (Å²) in [6.45, 7) is 2.26. The second-order valence-electron chi connectivity index (χ2n) is 8.51. The summed E-state index contributed by atoms with van der Waals surface area (Å²) in [5.41, 5.74) is 3.07. The molecule has 1 fully saturated rings. The van der Waals surface area contributed by atoms with Gasteiger partial charge in [0.15, 0.2) is 0 Å². The monoisotopic (exact) mass is 462 g/mol. The summed E-state index contributed by atoms with van der Waals surface area (Å²) in [5, 5.41) is 0.610. The zero-order valence-electron chi connectivity index (χ0n) is 20.1. The number of carbonyl (C=O) groups is 2. The standard InChI is InChI=1S/C27H30N2O5/c1-5-34-27(31)24-23(26(30)29(2)16-17-9-12-20(32-3)13-10-17)21-14-11-19(18-7-6-8-18)15-22(21)28-25(24)33-4/h9-15,18H,5-8,16H2,1-4H3. The van der Waals surface area contributed by atoms with Crippen LogP contribution in [0.4, 0.5) is 0 Å². The van der Waals surface area contributed by atoms with Crippen molar-refractivity contribution in [3.63, 3.8) is 0 Å². The Morgan fingerprint density at radius 2 is 1.76 bits per heavy atom. The minimum atomic E-state index is -0.627. The average Bonchev–Trinajstić information content (AvgIpc) is 2.81. The van der Waals surface area contributed by atoms with E-state index < -0.39 is 5.97 Å². The molecule has 34 heavy (non-hydrogen) atoms. The first kappa shape index (κ1) is 23.5. The third-order valence-corrected chi connectivity index (χ3v) is 6.37. The van der Waals surface area contributed by atoms with Gasteiger partial charge in [0, 0.05) is 19.0 Å². The molecule has 0 spiro atoms. The SMILES string of the molecule is CCOC(=O)c1c(OC)nc2cc(C3CCC3)ccc2c1C(=O)N(C)Cc1ccc(OC)cc1. The van der Waals surface area contributed by atoms with Crippen molar-refractivity contribution in [1.82, 2.24) is 9.88 Å². The lowest BCUT2D eigenvalue weighted by molar-refractivity contribution is 0.0515. The molecule has 0 atom stereocenters. The second kappa shape index (κ2) is 10.1. The summed E-state index contributed by atoms with van der Waals surface area (Å²) < 4.78 is 16.0. The Morgan fingerprint density at radius 1 is 1.03 bits per heavy atom. The lowest BCUT2D eigenvalue weighted by Gasteiger charge is -2.26. The van der Waals surface area contributed by atoms with Crippen LogP contribution in [0.5, 0.6) is 11.6 Å². The van der Waals surface area contributed by atoms with E-state index in [0.29, 0.717) is 23.4 Å². The lowest BCUT2D eigenvalue weighted by Crippen LogP contribution is -2.29. The van der Waals surface area contributed by atoms with E-state index in [2.05, 4.69) is 4.98 Å². The highest BCUT2D eigenvalue weighted by atomic mass is 16.5. The smallest absolute Gasteiger partial charge is 0.344 e. The van der Waals surface area contributed by atoms with Crippen LogP contribution >= 0.6 is 0 Å². The molecule has 7 nitrogen and oxygen atoms in total. The summed E-state index contributed by atoms with van der Waals surface area (Å²) in [5.74, 6) is 0.421. The van der Waals surface area contributed by atoms with E-state index in [-0.39, 0.29) is 29.5 Å². The van der Waals surface area contributed by atoms with E-state index in [4.69, 9.17) is 14.2 Å². The highest BCUT2D eigenvalue weighted by Crippen LogP contribution is 2.38. The third-order valence-electron chi connectivity index (χ3n) is 6.37. The molecule has 1 amide bonds. The van der Waals surface area contributed by atoms with E-state index in [1.54, 1.807) is 26.0 Å². The van der Waals surface area contributed by atoms with Gasteiger partial charge in [-0.25, -0.2) is 9.78 Å². The highest BCUT2D eigenvalue weighted by molar-refractivity contribution is 6.15. The molecule has 1 aliphatic carbocycles. The molecule has 0 saturated heterocycles. The van der Waals surface area contributed by atoms with Crippen LogP contribution in [-0.2, 0) is 11.3 Å². The summed E-state index contributed by atoms with van der Waals surface area (Å²) in [7, 11) is 4.77. The van der Waals surface area contributed by atoms with Crippen molar-refractivity contribution in [2.45, 2.75) is 38.6 Å². The number of benzene rings is 2. The van der Waals surface area contributed by atoms with Crippen LogP contribution in [0, 0.1) is 0 Å². The van der Waals surface area contributed by atoms with Crippen molar-refractivity contribution in [2.75, 3.05) is 27.9 Å². The molecule has 1 saturated carbocycles. The first-order valence-corrected chi connectivity index (χ1v) is 11.5. The van der Waals surface area contributed by atoms with E-state index in [0.717, 1.165) is 24.2 Å². The van der Waals surface area contributed by atoms with Crippen LogP contribution in [0.2, 0.25) is 0 Å². The van der Waals surface area contributed by atoms with Gasteiger partial charge in [-0.05, 0) is 55.0 Å². The molecular formula is C27H30N2O5. The fraction of sp³-hybridized carbons (Fsp3) is 0.370. The molecule has 0 N–H and O–H groups in total. The molecule has 0 radical (unpaired) electrons. The second-order valence-corrected chi connectivity index (χ2v) is 8.51. The minimum absolute atomic E-state index is 0.0554. The van der Waals surface area contributed by atoms with Crippen LogP contribution in [0.1, 0.15) is 63.9 Å². The van der Waals surface area contributed by atoms with Gasteiger partial charge in [0.05, 0.1) is 31.9 Å². The van der Waals surface area contributed by atoms with Crippen molar-refractivity contribution >= 4 is 22.8 Å². The van der Waals surface area contributed by atoms with Gasteiger partial charge < -0.3 is 19.1 Å². The van der Waals surface area contributed by atoms with Gasteiger partial charge in [-0.1, -0.05) is 30.7 Å². The maximum absolute atomic E-state index is 13.8. The predicted octanol–water partition coefficient (Wildman–Crippen LogP) is 4.97. The Morgan fingerprint density at radius 3 is 2.35 bits per heavy atom. The normalized spacial score (nSPS) is 13.3. The first-order chi connectivity index (χ1) is 16.5. The number of hydrogen-bond donors (Lipinski definition) is 0. The van der Waals surface area contributed by atoms with Crippen LogP contribution in [0.25, 0.3) is 10.9 Å². The molecule has 178 valence electrons. The molecule has 1 heterocycles. The predicted molar refractivity (Wildman–Crippen MR) is 130 cm³/mol. The van der Waals surface area contributed by atoms with Gasteiger partial charge in [-0.15, -0.1) is 0 Å². The number of amides is 1. The fourth-order valence-electron chi connectivity index (χ4n) is 4.28. The number of esters is 1. The molecule has 7 heteroatoms. The van der Waals surface area contributed by atoms with Crippen molar-refractivity contribution in [1.29, 1.82) is 0 Å². The average molecular weight is 463 g/mol. The number of fused-ring (bicyclic) bond motifs is 1. The number of ether oxygens (including phenoxy) is 3. The summed E-state index contributed by atoms with van der Waals surface area (Å²) in [6.07, 6.45) is 3.53. The third kappa shape index (κ3) is 4.55. The van der Waals surface area contributed by atoms with E-state index in [1.807, 2.05) is 42.5 Å². The Kier molecular flexibility index (Phi) is 7.01. The molecular weight excluding hydrogens is 432 g/mol. The summed E-state index contributed by atoms with van der Waals surface area (Å²) >= 11 is 0. The van der Waals surface area contributed by atoms with Gasteiger partial charge in [-0.2, -0.15) is 0 Å². The van der Waals surface area contributed by atoms with Gasteiger partial charge in [0.25, 0.3) is 5.91 Å². The van der Waals surface area contributed by atoms with Crippen LogP contribution < -0.4 is 9.47 Å². The molecule has 3 aromatic rings. The van der Waals surface area contributed by atoms with Crippen molar-refractivity contribution < 1.29 is 23.8 Å². The van der Waals surface area contributed by atoms with Crippen LogP contribution in [-0.4, -0.2) is 49.6 Å². The highest BCUT2D eigenvalue weighted by Gasteiger charge is 2.30. The quantitative estimate of drug-likeness (QED) is 0.440. The number of methoxy groups -OCH3 is 2. The fourth-order valence-corrected chi connectivity index (χ4v) is 4.28. The van der Waals surface area contributed by atoms with Gasteiger partial charge >= 0.3 is 5.97 Å². The Labute approximate surface area is 199 Å². The van der Waals surface area contributed by atoms with Gasteiger partial charge in [0.1, 0.15) is 11.3 Å². The van der Waals surface area contributed by atoms with Crippen molar-refractivity contribution in [3.05, 3.63) is 64.7 Å². The first-order valence-electron chi connectivity index (χ1n) is 11.5. The molecule has 2 aromatic carbocycles. The number of carbonyl (C=O) groups excluding carboxylic acids is 2. The lowest BCUT2D eigenvalue weighted by atomic mass is 9.79. The summed E-state index contributed by atoms with van der Waals surface area (Å²) in [6, 6.07) is 13.5. The zero-order valence-corrected chi connectivity index (χ0v) is 20.1. The number of rotatable bonds is 8. The molecule has 0 aliphatic heterocycles. The minimum Gasteiger partial charge on any atom is -0.497 e. The molecule has 0 unspecified atom stereocenters. The molecule has 4 rings (SSSR count). The maximum atomic E-state index is 13.8. The maximum Gasteiger partial charge on any atom is 0.344 e. The van der Waals surface area contributed by atoms with Crippen LogP contribution in [0.3, 0.4) is 0 Å². The van der Waals surface area contributed by atoms with Gasteiger partial charge in [0.2, 0.25) is 5.88 Å². The largest absolute Gasteiger partial charge is 0.497 e. The molecule has 1 aromatic heterocycles. The number of aromatic nitrogens is 1. The number of hydrogen-bond acceptors (Lipinski definition) is 6. The Bertz CT molecular complexity index is 1200. The van der Waals surface area contributed by atoms with Crippen molar-refractivity contribution in [3.8, 4) is 11.6 Å². The zero-order chi connectivity index (χ0) is 24.2. The Hall–Kier alpha value is -3.61. The van der Waals surface area contributed by atoms with E-state index in [9.17, 15) is 9.59 Å². The summed E-state index contributed by atoms with van der Waals surface area (Å²) in [4.78, 5) is 32.9. The Balaban J connectivity index is 1.79. The molecule has 1 aliphatic rings. The number of nitrogens with zero attached hydrogens (tertiary/aromatic N) is 2. The van der Waals surface area contributed by atoms with Gasteiger partial charge in [-0.3, -0.25) is 4.79 Å². The van der Waals surface area contributed by atoms with Crippen LogP contribution in [0.15, 0.2) is 42.5 Å². The van der Waals surface area contributed by atoms with E-state index >= 15 is 0 Å². The number of pyridine rings is 1. The topological polar surface area (TPSA) is 78.0 Å². The van der Waals surface area contributed by atoms with Crippen molar-refractivity contribution in [2.24, 2.45) is 0 Å². The van der Waals surface area contributed by atoms with E-state index in [1.165, 1.54) is 19.1 Å². The molecule has 0 bridgehead atoms.